The van der Waals surface area contributed by atoms with Crippen LogP contribution in [0.15, 0.2) is 24.7 Å². The molecule has 0 aromatic carbocycles. The lowest BCUT2D eigenvalue weighted by Gasteiger charge is -2.22. The Labute approximate surface area is 139 Å². The van der Waals surface area contributed by atoms with E-state index in [0.29, 0.717) is 13.1 Å². The number of carbonyl (C=O) groups is 1. The van der Waals surface area contributed by atoms with E-state index in [0.717, 1.165) is 31.1 Å². The minimum Gasteiger partial charge on any atom is -0.485 e. The second-order valence-corrected chi connectivity index (χ2v) is 6.13. The molecular formula is C16H20N6O2. The molecule has 1 atom stereocenters. The van der Waals surface area contributed by atoms with E-state index >= 15 is 0 Å². The first-order valence-corrected chi connectivity index (χ1v) is 8.32. The van der Waals surface area contributed by atoms with E-state index in [9.17, 15) is 4.79 Å². The second kappa shape index (κ2) is 6.46. The van der Waals surface area contributed by atoms with Crippen LogP contribution in [0.2, 0.25) is 0 Å². The van der Waals surface area contributed by atoms with Gasteiger partial charge in [-0.15, -0.1) is 0 Å². The predicted molar refractivity (Wildman–Crippen MR) is 87.0 cm³/mol. The summed E-state index contributed by atoms with van der Waals surface area (Å²) in [6, 6.07) is 3.85. The fourth-order valence-corrected chi connectivity index (χ4v) is 3.29. The molecule has 24 heavy (non-hydrogen) atoms. The third-order valence-corrected chi connectivity index (χ3v) is 4.50. The van der Waals surface area contributed by atoms with Gasteiger partial charge in [-0.3, -0.25) is 9.89 Å². The molecule has 2 aliphatic rings. The van der Waals surface area contributed by atoms with E-state index in [1.807, 2.05) is 12.1 Å². The summed E-state index contributed by atoms with van der Waals surface area (Å²) in [5.74, 6) is 1.85. The molecule has 0 unspecified atom stereocenters. The monoisotopic (exact) mass is 328 g/mol. The highest BCUT2D eigenvalue weighted by Crippen LogP contribution is 2.30. The van der Waals surface area contributed by atoms with Crippen molar-refractivity contribution in [1.82, 2.24) is 25.1 Å². The maximum atomic E-state index is 12.3. The summed E-state index contributed by atoms with van der Waals surface area (Å²) in [4.78, 5) is 24.7. The standard InChI is InChI=1S/C16H20N6O2/c23-16(14-18-11-19-20-14)22-9-5-12(10-22)24-13-4-3-6-17-15(13)21-7-1-2-8-21/h3-4,6,11-12H,1-2,5,7-10H2,(H,18,19,20)/t12-/m1/s1. The maximum Gasteiger partial charge on any atom is 0.291 e. The van der Waals surface area contributed by atoms with Crippen LogP contribution in [0.1, 0.15) is 29.9 Å². The molecule has 4 heterocycles. The van der Waals surface area contributed by atoms with E-state index in [2.05, 4.69) is 25.1 Å². The molecule has 2 fully saturated rings. The molecule has 0 spiro atoms. The number of aromatic amines is 1. The molecule has 1 N–H and O–H groups in total. The van der Waals surface area contributed by atoms with Gasteiger partial charge in [-0.1, -0.05) is 0 Å². The first kappa shape index (κ1) is 14.9. The van der Waals surface area contributed by atoms with Crippen molar-refractivity contribution in [1.29, 1.82) is 0 Å². The summed E-state index contributed by atoms with van der Waals surface area (Å²) in [5, 5.41) is 6.34. The highest BCUT2D eigenvalue weighted by atomic mass is 16.5. The Hall–Kier alpha value is -2.64. The van der Waals surface area contributed by atoms with Crippen LogP contribution in [-0.2, 0) is 0 Å². The van der Waals surface area contributed by atoms with Gasteiger partial charge in [0.1, 0.15) is 12.4 Å². The average Bonchev–Trinajstić information content (AvgIpc) is 3.36. The van der Waals surface area contributed by atoms with Crippen LogP contribution in [-0.4, -0.2) is 63.3 Å². The first-order chi connectivity index (χ1) is 11.8. The lowest BCUT2D eigenvalue weighted by atomic mass is 10.3. The number of hydrogen-bond donors (Lipinski definition) is 1. The fourth-order valence-electron chi connectivity index (χ4n) is 3.29. The molecule has 8 heteroatoms. The minimum absolute atomic E-state index is 0.0255. The third kappa shape index (κ3) is 2.91. The van der Waals surface area contributed by atoms with Crippen molar-refractivity contribution in [2.45, 2.75) is 25.4 Å². The number of aromatic nitrogens is 4. The summed E-state index contributed by atoms with van der Waals surface area (Å²) in [6.07, 6.45) is 6.30. The van der Waals surface area contributed by atoms with Gasteiger partial charge in [0.25, 0.3) is 5.91 Å². The Kier molecular flexibility index (Phi) is 4.02. The van der Waals surface area contributed by atoms with Crippen molar-refractivity contribution in [3.63, 3.8) is 0 Å². The summed E-state index contributed by atoms with van der Waals surface area (Å²) < 4.78 is 6.17. The Morgan fingerprint density at radius 1 is 1.25 bits per heavy atom. The lowest BCUT2D eigenvalue weighted by molar-refractivity contribution is 0.0761. The number of ether oxygens (including phenoxy) is 1. The summed E-state index contributed by atoms with van der Waals surface area (Å²) in [7, 11) is 0. The van der Waals surface area contributed by atoms with E-state index in [1.165, 1.54) is 19.2 Å². The Morgan fingerprint density at radius 3 is 2.92 bits per heavy atom. The van der Waals surface area contributed by atoms with Gasteiger partial charge in [0, 0.05) is 32.3 Å². The van der Waals surface area contributed by atoms with Crippen molar-refractivity contribution in [2.75, 3.05) is 31.1 Å². The number of H-pyrrole nitrogens is 1. The minimum atomic E-state index is -0.135. The Balaban J connectivity index is 1.43. The number of anilines is 1. The molecule has 2 saturated heterocycles. The number of likely N-dealkylation sites (tertiary alicyclic amines) is 1. The molecule has 126 valence electrons. The second-order valence-electron chi connectivity index (χ2n) is 6.13. The van der Waals surface area contributed by atoms with Crippen LogP contribution in [0.25, 0.3) is 0 Å². The van der Waals surface area contributed by atoms with Crippen LogP contribution in [0.3, 0.4) is 0 Å². The summed E-state index contributed by atoms with van der Waals surface area (Å²) in [6.45, 7) is 3.25. The molecule has 0 saturated carbocycles. The maximum absolute atomic E-state index is 12.3. The van der Waals surface area contributed by atoms with Gasteiger partial charge in [-0.2, -0.15) is 5.10 Å². The van der Waals surface area contributed by atoms with Crippen LogP contribution >= 0.6 is 0 Å². The van der Waals surface area contributed by atoms with E-state index in [-0.39, 0.29) is 17.8 Å². The lowest BCUT2D eigenvalue weighted by Crippen LogP contribution is -2.32. The van der Waals surface area contributed by atoms with Crippen LogP contribution in [0.5, 0.6) is 5.75 Å². The van der Waals surface area contributed by atoms with E-state index in [1.54, 1.807) is 11.1 Å². The first-order valence-electron chi connectivity index (χ1n) is 8.32. The van der Waals surface area contributed by atoms with Gasteiger partial charge < -0.3 is 14.5 Å². The van der Waals surface area contributed by atoms with Crippen molar-refractivity contribution in [3.8, 4) is 5.75 Å². The summed E-state index contributed by atoms with van der Waals surface area (Å²) in [5.41, 5.74) is 0. The molecule has 2 aromatic rings. The van der Waals surface area contributed by atoms with E-state index < -0.39 is 0 Å². The largest absolute Gasteiger partial charge is 0.485 e. The molecular weight excluding hydrogens is 308 g/mol. The zero-order valence-electron chi connectivity index (χ0n) is 13.4. The van der Waals surface area contributed by atoms with Gasteiger partial charge in [0.2, 0.25) is 5.82 Å². The van der Waals surface area contributed by atoms with Gasteiger partial charge >= 0.3 is 0 Å². The molecule has 0 aliphatic carbocycles. The number of carbonyl (C=O) groups excluding carboxylic acids is 1. The number of amides is 1. The number of nitrogens with one attached hydrogen (secondary N) is 1. The topological polar surface area (TPSA) is 87.2 Å². The highest BCUT2D eigenvalue weighted by Gasteiger charge is 2.30. The van der Waals surface area contributed by atoms with Gasteiger partial charge in [0.15, 0.2) is 11.6 Å². The van der Waals surface area contributed by atoms with E-state index in [4.69, 9.17) is 4.74 Å². The van der Waals surface area contributed by atoms with Crippen molar-refractivity contribution >= 4 is 11.7 Å². The van der Waals surface area contributed by atoms with Gasteiger partial charge in [-0.25, -0.2) is 9.97 Å². The van der Waals surface area contributed by atoms with Gasteiger partial charge in [-0.05, 0) is 25.0 Å². The number of hydrogen-bond acceptors (Lipinski definition) is 6. The van der Waals surface area contributed by atoms with Crippen LogP contribution < -0.4 is 9.64 Å². The van der Waals surface area contributed by atoms with Crippen molar-refractivity contribution < 1.29 is 9.53 Å². The van der Waals surface area contributed by atoms with Crippen LogP contribution in [0, 0.1) is 0 Å². The smallest absolute Gasteiger partial charge is 0.291 e. The molecule has 8 nitrogen and oxygen atoms in total. The zero-order chi connectivity index (χ0) is 16.4. The normalized spacial score (nSPS) is 20.6. The predicted octanol–water partition coefficient (Wildman–Crippen LogP) is 1.09. The molecule has 4 rings (SSSR count). The summed E-state index contributed by atoms with van der Waals surface area (Å²) >= 11 is 0. The third-order valence-electron chi connectivity index (χ3n) is 4.50. The zero-order valence-corrected chi connectivity index (χ0v) is 13.4. The molecule has 0 bridgehead atoms. The van der Waals surface area contributed by atoms with Gasteiger partial charge in [0.05, 0.1) is 6.54 Å². The van der Waals surface area contributed by atoms with Crippen molar-refractivity contribution in [2.24, 2.45) is 0 Å². The average molecular weight is 328 g/mol. The molecule has 2 aromatic heterocycles. The number of nitrogens with zero attached hydrogens (tertiary/aromatic N) is 5. The molecule has 2 aliphatic heterocycles. The Morgan fingerprint density at radius 2 is 2.12 bits per heavy atom. The van der Waals surface area contributed by atoms with Crippen LogP contribution in [0.4, 0.5) is 5.82 Å². The number of rotatable bonds is 4. The molecule has 0 radical (unpaired) electrons. The highest BCUT2D eigenvalue weighted by molar-refractivity contribution is 5.90. The molecule has 1 amide bonds. The Bertz CT molecular complexity index is 698. The quantitative estimate of drug-likeness (QED) is 0.904. The number of pyridine rings is 1. The van der Waals surface area contributed by atoms with Crippen molar-refractivity contribution in [3.05, 3.63) is 30.5 Å². The fraction of sp³-hybridized carbons (Fsp3) is 0.500. The SMILES string of the molecule is O=C(c1ncn[nH]1)N1CC[C@@H](Oc2cccnc2N2CCCC2)C1.